The van der Waals surface area contributed by atoms with Crippen molar-refractivity contribution in [2.45, 2.75) is 78.4 Å². The molecule has 0 N–H and O–H groups in total. The Kier molecular flexibility index (Phi) is 13.9. The van der Waals surface area contributed by atoms with E-state index < -0.39 is 33.4 Å². The van der Waals surface area contributed by atoms with Crippen molar-refractivity contribution in [2.24, 2.45) is 0 Å². The van der Waals surface area contributed by atoms with E-state index >= 15 is 0 Å². The lowest BCUT2D eigenvalue weighted by Crippen LogP contribution is -2.21. The van der Waals surface area contributed by atoms with E-state index in [2.05, 4.69) is 0 Å². The second-order valence-corrected chi connectivity index (χ2v) is 6.52. The molecule has 0 aliphatic carbocycles. The number of ether oxygens (including phenoxy) is 2. The highest BCUT2D eigenvalue weighted by molar-refractivity contribution is 7.33. The lowest BCUT2D eigenvalue weighted by molar-refractivity contribution is -0.152. The van der Waals surface area contributed by atoms with E-state index in [4.69, 9.17) is 18.5 Å². The number of rotatable bonds is 14. The molecule has 0 aromatic rings. The average Bonchev–Trinajstić information content (AvgIpc) is 2.57. The number of carbonyl (C=O) groups excluding carboxylic acids is 2. The minimum absolute atomic E-state index is 0.158. The van der Waals surface area contributed by atoms with Gasteiger partial charge in [0.2, 0.25) is 0 Å². The second-order valence-electron chi connectivity index (χ2n) is 5.44. The van der Waals surface area contributed by atoms with Gasteiger partial charge in [-0.25, -0.2) is 9.59 Å². The van der Waals surface area contributed by atoms with Crippen molar-refractivity contribution in [3.63, 3.8) is 0 Å². The Morgan fingerprint density at radius 3 is 1.46 bits per heavy atom. The third kappa shape index (κ3) is 11.6. The van der Waals surface area contributed by atoms with Crippen LogP contribution in [0, 0.1) is 0 Å². The molecule has 0 heterocycles. The molecule has 0 radical (unpaired) electrons. The van der Waals surface area contributed by atoms with Crippen LogP contribution in [0.25, 0.3) is 0 Å². The van der Waals surface area contributed by atoms with Crippen LogP contribution in [-0.2, 0) is 32.7 Å². The Bertz CT molecular complexity index is 353. The standard InChI is InChI=1S/C16H31O7P/c1-5-9-13(7-3)22-15(17)11-20-24(19)21-12-16(18)23-14(8-4)10-6-2/h13-14,24H,5-12H2,1-4H3. The van der Waals surface area contributed by atoms with Crippen molar-refractivity contribution in [1.29, 1.82) is 0 Å². The van der Waals surface area contributed by atoms with Crippen molar-refractivity contribution in [1.82, 2.24) is 0 Å². The van der Waals surface area contributed by atoms with Crippen molar-refractivity contribution >= 4 is 20.2 Å². The summed E-state index contributed by atoms with van der Waals surface area (Å²) in [6.45, 7) is 6.94. The van der Waals surface area contributed by atoms with Gasteiger partial charge >= 0.3 is 20.2 Å². The predicted molar refractivity (Wildman–Crippen MR) is 91.1 cm³/mol. The molecule has 0 aromatic heterocycles. The van der Waals surface area contributed by atoms with Crippen LogP contribution < -0.4 is 0 Å². The van der Waals surface area contributed by atoms with Crippen LogP contribution in [0.1, 0.15) is 66.2 Å². The maximum absolute atomic E-state index is 11.6. The smallest absolute Gasteiger partial charge is 0.332 e. The fourth-order valence-corrected chi connectivity index (χ4v) is 2.61. The van der Waals surface area contributed by atoms with Gasteiger partial charge in [0.1, 0.15) is 12.2 Å². The molecule has 7 nitrogen and oxygen atoms in total. The van der Waals surface area contributed by atoms with Crippen LogP contribution in [0.15, 0.2) is 0 Å². The Morgan fingerprint density at radius 2 is 1.17 bits per heavy atom. The summed E-state index contributed by atoms with van der Waals surface area (Å²) in [4.78, 5) is 23.1. The van der Waals surface area contributed by atoms with Gasteiger partial charge in [0.05, 0.1) is 0 Å². The van der Waals surface area contributed by atoms with Crippen molar-refractivity contribution < 1.29 is 32.7 Å². The van der Waals surface area contributed by atoms with Crippen LogP contribution in [0.2, 0.25) is 0 Å². The SMILES string of the molecule is CCCC(CC)OC(=O)CO[PH](=O)OCC(=O)OC(CC)CCC. The Labute approximate surface area is 145 Å². The first kappa shape index (κ1) is 23.1. The molecule has 0 aliphatic rings. The Balaban J connectivity index is 3.97. The zero-order chi connectivity index (χ0) is 18.4. The monoisotopic (exact) mass is 366 g/mol. The van der Waals surface area contributed by atoms with Gasteiger partial charge in [0, 0.05) is 0 Å². The van der Waals surface area contributed by atoms with E-state index in [1.807, 2.05) is 27.7 Å². The van der Waals surface area contributed by atoms with Crippen LogP contribution in [-0.4, -0.2) is 37.4 Å². The van der Waals surface area contributed by atoms with E-state index in [0.29, 0.717) is 12.8 Å². The molecule has 0 aromatic carbocycles. The molecule has 8 heteroatoms. The summed E-state index contributed by atoms with van der Waals surface area (Å²) in [5, 5.41) is 0. The van der Waals surface area contributed by atoms with Crippen molar-refractivity contribution in [2.75, 3.05) is 13.2 Å². The Hall–Kier alpha value is -0.910. The molecule has 0 saturated heterocycles. The Morgan fingerprint density at radius 1 is 0.792 bits per heavy atom. The predicted octanol–water partition coefficient (Wildman–Crippen LogP) is 3.65. The van der Waals surface area contributed by atoms with Crippen LogP contribution in [0.5, 0.6) is 0 Å². The average molecular weight is 366 g/mol. The molecular weight excluding hydrogens is 335 g/mol. The molecule has 0 bridgehead atoms. The van der Waals surface area contributed by atoms with Crippen molar-refractivity contribution in [3.8, 4) is 0 Å². The van der Waals surface area contributed by atoms with Gasteiger partial charge < -0.3 is 9.47 Å². The lowest BCUT2D eigenvalue weighted by Gasteiger charge is -2.16. The van der Waals surface area contributed by atoms with Gasteiger partial charge in [-0.05, 0) is 25.7 Å². The van der Waals surface area contributed by atoms with Gasteiger partial charge in [-0.1, -0.05) is 40.5 Å². The molecule has 142 valence electrons. The van der Waals surface area contributed by atoms with Crippen molar-refractivity contribution in [3.05, 3.63) is 0 Å². The highest BCUT2D eigenvalue weighted by Crippen LogP contribution is 2.23. The van der Waals surface area contributed by atoms with Crippen LogP contribution >= 0.6 is 8.25 Å². The van der Waals surface area contributed by atoms with Crippen LogP contribution in [0.3, 0.4) is 0 Å². The van der Waals surface area contributed by atoms with Gasteiger partial charge in [-0.15, -0.1) is 0 Å². The zero-order valence-electron chi connectivity index (χ0n) is 15.2. The third-order valence-electron chi connectivity index (χ3n) is 3.34. The fraction of sp³-hybridized carbons (Fsp3) is 0.875. The minimum atomic E-state index is -2.94. The molecule has 0 fully saturated rings. The molecule has 0 amide bonds. The normalized spacial score (nSPS) is 14.7. The number of hydrogen-bond acceptors (Lipinski definition) is 7. The number of hydrogen-bond donors (Lipinski definition) is 0. The first-order chi connectivity index (χ1) is 11.5. The summed E-state index contributed by atoms with van der Waals surface area (Å²) >= 11 is 0. The highest BCUT2D eigenvalue weighted by atomic mass is 31.1. The van der Waals surface area contributed by atoms with E-state index in [1.165, 1.54) is 0 Å². The maximum atomic E-state index is 11.6. The summed E-state index contributed by atoms with van der Waals surface area (Å²) in [6.07, 6.45) is 4.48. The summed E-state index contributed by atoms with van der Waals surface area (Å²) in [6, 6.07) is 0. The zero-order valence-corrected chi connectivity index (χ0v) is 16.2. The molecule has 0 rings (SSSR count). The van der Waals surface area contributed by atoms with E-state index in [0.717, 1.165) is 25.7 Å². The minimum Gasteiger partial charge on any atom is -0.461 e. The number of carbonyl (C=O) groups is 2. The van der Waals surface area contributed by atoms with E-state index in [-0.39, 0.29) is 12.2 Å². The summed E-state index contributed by atoms with van der Waals surface area (Å²) in [5.74, 6) is -1.18. The molecule has 0 spiro atoms. The first-order valence-corrected chi connectivity index (χ1v) is 9.87. The second kappa shape index (κ2) is 14.4. The molecular formula is C16H31O7P. The molecule has 0 aliphatic heterocycles. The summed E-state index contributed by atoms with van der Waals surface area (Å²) in [5.41, 5.74) is 0. The molecule has 0 saturated carbocycles. The van der Waals surface area contributed by atoms with Gasteiger partial charge in [0.15, 0.2) is 13.2 Å². The topological polar surface area (TPSA) is 88.1 Å². The van der Waals surface area contributed by atoms with Gasteiger partial charge in [-0.3, -0.25) is 13.6 Å². The third-order valence-corrected chi connectivity index (χ3v) is 4.10. The maximum Gasteiger partial charge on any atom is 0.332 e. The largest absolute Gasteiger partial charge is 0.461 e. The van der Waals surface area contributed by atoms with Gasteiger partial charge in [0.25, 0.3) is 0 Å². The molecule has 2 atom stereocenters. The fourth-order valence-electron chi connectivity index (χ4n) is 2.05. The summed E-state index contributed by atoms with van der Waals surface area (Å²) < 4.78 is 31.5. The number of esters is 2. The first-order valence-electron chi connectivity index (χ1n) is 8.65. The highest BCUT2D eigenvalue weighted by Gasteiger charge is 2.16. The van der Waals surface area contributed by atoms with Crippen LogP contribution in [0.4, 0.5) is 0 Å². The quantitative estimate of drug-likeness (QED) is 0.342. The van der Waals surface area contributed by atoms with E-state index in [1.54, 1.807) is 0 Å². The lowest BCUT2D eigenvalue weighted by atomic mass is 10.2. The van der Waals surface area contributed by atoms with Gasteiger partial charge in [-0.2, -0.15) is 0 Å². The summed E-state index contributed by atoms with van der Waals surface area (Å²) in [7, 11) is -2.94. The molecule has 2 unspecified atom stereocenters. The molecule has 24 heavy (non-hydrogen) atoms. The van der Waals surface area contributed by atoms with E-state index in [9.17, 15) is 14.2 Å².